The molecule has 7 heteroatoms. The van der Waals surface area contributed by atoms with E-state index in [4.69, 9.17) is 21.8 Å². The Balaban J connectivity index is 1.57. The molecule has 6 nitrogen and oxygen atoms in total. The second kappa shape index (κ2) is 7.84. The van der Waals surface area contributed by atoms with E-state index in [1.807, 2.05) is 30.3 Å². The van der Waals surface area contributed by atoms with Crippen LogP contribution in [0, 0.1) is 0 Å². The number of rotatable bonds is 6. The maximum atomic E-state index is 12.1. The van der Waals surface area contributed by atoms with Crippen LogP contribution in [0.15, 0.2) is 59.1 Å². The maximum absolute atomic E-state index is 12.1. The van der Waals surface area contributed by atoms with E-state index < -0.39 is 5.91 Å². The van der Waals surface area contributed by atoms with Gasteiger partial charge >= 0.3 is 0 Å². The normalized spacial score (nSPS) is 10.5. The van der Waals surface area contributed by atoms with E-state index in [1.54, 1.807) is 12.3 Å². The van der Waals surface area contributed by atoms with Crippen LogP contribution in [0.2, 0.25) is 5.02 Å². The molecule has 0 aliphatic rings. The smallest absolute Gasteiger partial charge is 0.250 e. The first-order chi connectivity index (χ1) is 12.5. The van der Waals surface area contributed by atoms with Gasteiger partial charge in [-0.3, -0.25) is 9.59 Å². The SMILES string of the molecule is NC(=O)c1ccc(NC(=O)CCc2ncc(-c3ccccc3)o2)cc1Cl. The number of aromatic nitrogens is 1. The van der Waals surface area contributed by atoms with Crippen molar-refractivity contribution < 1.29 is 14.0 Å². The van der Waals surface area contributed by atoms with Crippen LogP contribution in [0.5, 0.6) is 0 Å². The van der Waals surface area contributed by atoms with Crippen molar-refractivity contribution in [3.8, 4) is 11.3 Å². The third kappa shape index (κ3) is 4.29. The summed E-state index contributed by atoms with van der Waals surface area (Å²) in [6, 6.07) is 14.1. The van der Waals surface area contributed by atoms with E-state index in [2.05, 4.69) is 10.3 Å². The molecule has 0 radical (unpaired) electrons. The first-order valence-electron chi connectivity index (χ1n) is 7.92. The molecular weight excluding hydrogens is 354 g/mol. The topological polar surface area (TPSA) is 98.2 Å². The van der Waals surface area contributed by atoms with Crippen LogP contribution in [-0.2, 0) is 11.2 Å². The van der Waals surface area contributed by atoms with Gasteiger partial charge in [0.15, 0.2) is 11.7 Å². The van der Waals surface area contributed by atoms with Crippen molar-refractivity contribution in [2.75, 3.05) is 5.32 Å². The van der Waals surface area contributed by atoms with E-state index in [-0.39, 0.29) is 22.9 Å². The summed E-state index contributed by atoms with van der Waals surface area (Å²) < 4.78 is 5.67. The van der Waals surface area contributed by atoms with Gasteiger partial charge in [0, 0.05) is 24.1 Å². The summed E-state index contributed by atoms with van der Waals surface area (Å²) in [5, 5.41) is 2.90. The Bertz CT molecular complexity index is 938. The summed E-state index contributed by atoms with van der Waals surface area (Å²) in [7, 11) is 0. The number of carbonyl (C=O) groups excluding carboxylic acids is 2. The van der Waals surface area contributed by atoms with Gasteiger partial charge < -0.3 is 15.5 Å². The first kappa shape index (κ1) is 17.7. The summed E-state index contributed by atoms with van der Waals surface area (Å²) in [5.74, 6) is 0.314. The predicted octanol–water partition coefficient (Wildman–Crippen LogP) is 3.67. The van der Waals surface area contributed by atoms with Gasteiger partial charge in [-0.25, -0.2) is 4.98 Å². The maximum Gasteiger partial charge on any atom is 0.250 e. The largest absolute Gasteiger partial charge is 0.441 e. The molecule has 3 aromatic rings. The zero-order valence-electron chi connectivity index (χ0n) is 13.7. The minimum atomic E-state index is -0.619. The van der Waals surface area contributed by atoms with Crippen LogP contribution in [0.3, 0.4) is 0 Å². The number of oxazole rings is 1. The zero-order valence-corrected chi connectivity index (χ0v) is 14.5. The van der Waals surface area contributed by atoms with Crippen molar-refractivity contribution in [1.29, 1.82) is 0 Å². The van der Waals surface area contributed by atoms with Crippen molar-refractivity contribution in [2.45, 2.75) is 12.8 Å². The number of amides is 2. The highest BCUT2D eigenvalue weighted by Gasteiger charge is 2.11. The van der Waals surface area contributed by atoms with Gasteiger partial charge in [-0.1, -0.05) is 41.9 Å². The van der Waals surface area contributed by atoms with Crippen LogP contribution in [0.4, 0.5) is 5.69 Å². The third-order valence-corrected chi connectivity index (χ3v) is 4.01. The van der Waals surface area contributed by atoms with Crippen LogP contribution < -0.4 is 11.1 Å². The molecule has 3 N–H and O–H groups in total. The van der Waals surface area contributed by atoms with Gasteiger partial charge in [0.2, 0.25) is 11.8 Å². The lowest BCUT2D eigenvalue weighted by atomic mass is 10.2. The fourth-order valence-corrected chi connectivity index (χ4v) is 2.67. The molecule has 1 heterocycles. The number of nitrogens with zero attached hydrogens (tertiary/aromatic N) is 1. The molecule has 0 saturated heterocycles. The highest BCUT2D eigenvalue weighted by Crippen LogP contribution is 2.22. The lowest BCUT2D eigenvalue weighted by molar-refractivity contribution is -0.116. The zero-order chi connectivity index (χ0) is 18.5. The van der Waals surface area contributed by atoms with Crippen LogP contribution >= 0.6 is 11.6 Å². The molecule has 26 heavy (non-hydrogen) atoms. The summed E-state index contributed by atoms with van der Waals surface area (Å²) in [5.41, 5.74) is 6.82. The molecule has 0 bridgehead atoms. The summed E-state index contributed by atoms with van der Waals surface area (Å²) in [6.07, 6.45) is 2.21. The second-order valence-electron chi connectivity index (χ2n) is 5.59. The molecule has 0 aliphatic heterocycles. The fraction of sp³-hybridized carbons (Fsp3) is 0.105. The second-order valence-corrected chi connectivity index (χ2v) is 6.00. The lowest BCUT2D eigenvalue weighted by Crippen LogP contribution is -2.14. The minimum absolute atomic E-state index is 0.190. The average Bonchev–Trinajstić information content (AvgIpc) is 3.09. The summed E-state index contributed by atoms with van der Waals surface area (Å²) in [6.45, 7) is 0. The molecule has 3 rings (SSSR count). The Morgan fingerprint density at radius 3 is 2.62 bits per heavy atom. The fourth-order valence-electron chi connectivity index (χ4n) is 2.40. The molecule has 2 aromatic carbocycles. The number of anilines is 1. The number of benzene rings is 2. The van der Waals surface area contributed by atoms with Crippen molar-refractivity contribution in [1.82, 2.24) is 4.98 Å². The molecule has 0 fully saturated rings. The average molecular weight is 370 g/mol. The molecule has 2 amide bonds. The molecule has 0 saturated carbocycles. The standard InChI is InChI=1S/C19H16ClN3O3/c20-15-10-13(6-7-14(15)19(21)25)23-17(24)8-9-18-22-11-16(26-18)12-4-2-1-3-5-12/h1-7,10-11H,8-9H2,(H2,21,25)(H,23,24). The first-order valence-corrected chi connectivity index (χ1v) is 8.30. The van der Waals surface area contributed by atoms with Gasteiger partial charge in [-0.15, -0.1) is 0 Å². The molecule has 0 spiro atoms. The Morgan fingerprint density at radius 2 is 1.92 bits per heavy atom. The minimum Gasteiger partial charge on any atom is -0.441 e. The van der Waals surface area contributed by atoms with Gasteiger partial charge in [0.25, 0.3) is 0 Å². The number of carbonyl (C=O) groups is 2. The van der Waals surface area contributed by atoms with Crippen molar-refractivity contribution in [3.63, 3.8) is 0 Å². The number of nitrogens with one attached hydrogen (secondary N) is 1. The van der Waals surface area contributed by atoms with Crippen molar-refractivity contribution in [2.24, 2.45) is 5.73 Å². The molecule has 0 aliphatic carbocycles. The van der Waals surface area contributed by atoms with E-state index in [1.165, 1.54) is 12.1 Å². The molecule has 0 atom stereocenters. The molecule has 0 unspecified atom stereocenters. The van der Waals surface area contributed by atoms with Crippen LogP contribution in [-0.4, -0.2) is 16.8 Å². The third-order valence-electron chi connectivity index (χ3n) is 3.70. The van der Waals surface area contributed by atoms with E-state index in [0.29, 0.717) is 23.8 Å². The van der Waals surface area contributed by atoms with Gasteiger partial charge in [-0.2, -0.15) is 0 Å². The number of halogens is 1. The highest BCUT2D eigenvalue weighted by molar-refractivity contribution is 6.34. The van der Waals surface area contributed by atoms with Crippen molar-refractivity contribution in [3.05, 3.63) is 71.2 Å². The summed E-state index contributed by atoms with van der Waals surface area (Å²) >= 11 is 5.96. The van der Waals surface area contributed by atoms with Gasteiger partial charge in [0.1, 0.15) is 0 Å². The number of hydrogen-bond donors (Lipinski definition) is 2. The Morgan fingerprint density at radius 1 is 1.15 bits per heavy atom. The Kier molecular flexibility index (Phi) is 5.34. The van der Waals surface area contributed by atoms with Crippen LogP contribution in [0.1, 0.15) is 22.7 Å². The van der Waals surface area contributed by atoms with E-state index in [9.17, 15) is 9.59 Å². The Hall–Kier alpha value is -3.12. The molecular formula is C19H16ClN3O3. The number of aryl methyl sites for hydroxylation is 1. The van der Waals surface area contributed by atoms with Gasteiger partial charge in [0.05, 0.1) is 16.8 Å². The lowest BCUT2D eigenvalue weighted by Gasteiger charge is -2.06. The Labute approximate surface area is 155 Å². The quantitative estimate of drug-likeness (QED) is 0.692. The highest BCUT2D eigenvalue weighted by atomic mass is 35.5. The molecule has 1 aromatic heterocycles. The van der Waals surface area contributed by atoms with Crippen molar-refractivity contribution >= 4 is 29.1 Å². The number of hydrogen-bond acceptors (Lipinski definition) is 4. The number of nitrogens with two attached hydrogens (primary N) is 1. The molecule has 132 valence electrons. The van der Waals surface area contributed by atoms with E-state index >= 15 is 0 Å². The van der Waals surface area contributed by atoms with E-state index in [0.717, 1.165) is 5.56 Å². The summed E-state index contributed by atoms with van der Waals surface area (Å²) in [4.78, 5) is 27.4. The van der Waals surface area contributed by atoms with Crippen LogP contribution in [0.25, 0.3) is 11.3 Å². The number of primary amides is 1. The van der Waals surface area contributed by atoms with Gasteiger partial charge in [-0.05, 0) is 18.2 Å². The predicted molar refractivity (Wildman–Crippen MR) is 98.9 cm³/mol. The monoisotopic (exact) mass is 369 g/mol.